The third-order valence-electron chi connectivity index (χ3n) is 3.17. The maximum atomic E-state index is 12.8. The molecule has 0 bridgehead atoms. The van der Waals surface area contributed by atoms with E-state index in [1.165, 1.54) is 11.3 Å². The Bertz CT molecular complexity index is 810. The lowest BCUT2D eigenvalue weighted by atomic mass is 10.2. The fraction of sp³-hybridized carbons (Fsp3) is 0.0588. The van der Waals surface area contributed by atoms with Crippen LogP contribution < -0.4 is 4.90 Å². The van der Waals surface area contributed by atoms with Crippen molar-refractivity contribution in [3.05, 3.63) is 71.2 Å². The van der Waals surface area contributed by atoms with E-state index in [0.29, 0.717) is 17.2 Å². The van der Waals surface area contributed by atoms with Crippen LogP contribution in [0, 0.1) is 0 Å². The van der Waals surface area contributed by atoms with Crippen LogP contribution in [0.1, 0.15) is 10.4 Å². The average molecular weight is 373 g/mol. The monoisotopic (exact) mass is 372 g/mol. The lowest BCUT2D eigenvalue weighted by Gasteiger charge is -2.18. The van der Waals surface area contributed by atoms with Gasteiger partial charge in [-0.3, -0.25) is 9.69 Å². The van der Waals surface area contributed by atoms with Crippen molar-refractivity contribution in [2.24, 2.45) is 0 Å². The molecule has 2 aromatic carbocycles. The van der Waals surface area contributed by atoms with E-state index in [1.54, 1.807) is 17.0 Å². The van der Waals surface area contributed by atoms with E-state index in [2.05, 4.69) is 27.5 Å². The molecular weight excluding hydrogens is 360 g/mol. The number of anilines is 1. The fourth-order valence-electron chi connectivity index (χ4n) is 2.13. The summed E-state index contributed by atoms with van der Waals surface area (Å²) in [7, 11) is 0. The van der Waals surface area contributed by atoms with Gasteiger partial charge in [-0.15, -0.1) is 6.58 Å². The number of rotatable bonds is 4. The zero-order chi connectivity index (χ0) is 15.5. The highest BCUT2D eigenvalue weighted by molar-refractivity contribution is 9.10. The average Bonchev–Trinajstić information content (AvgIpc) is 2.96. The number of hydrogen-bond donors (Lipinski definition) is 0. The number of carbonyl (C=O) groups excluding carboxylic acids is 1. The summed E-state index contributed by atoms with van der Waals surface area (Å²) in [5, 5.41) is 0.682. The maximum Gasteiger partial charge on any atom is 0.261 e. The fourth-order valence-corrected chi connectivity index (χ4v) is 3.56. The van der Waals surface area contributed by atoms with Crippen molar-refractivity contribution in [2.75, 3.05) is 11.4 Å². The molecule has 110 valence electrons. The summed E-state index contributed by atoms with van der Waals surface area (Å²) < 4.78 is 1.83. The summed E-state index contributed by atoms with van der Waals surface area (Å²) in [5.41, 5.74) is 1.51. The molecule has 0 aliphatic rings. The number of carbonyl (C=O) groups is 1. The highest BCUT2D eigenvalue weighted by Gasteiger charge is 2.21. The van der Waals surface area contributed by atoms with Crippen LogP contribution in [0.3, 0.4) is 0 Å². The molecular formula is C17H13BrN2OS. The van der Waals surface area contributed by atoms with Gasteiger partial charge in [-0.1, -0.05) is 41.7 Å². The minimum Gasteiger partial charge on any atom is -0.280 e. The van der Waals surface area contributed by atoms with Crippen molar-refractivity contribution in [2.45, 2.75) is 0 Å². The topological polar surface area (TPSA) is 33.2 Å². The van der Waals surface area contributed by atoms with Gasteiger partial charge in [0, 0.05) is 11.0 Å². The molecule has 1 aromatic heterocycles. The Balaban J connectivity index is 2.04. The Morgan fingerprint density at radius 1 is 1.23 bits per heavy atom. The van der Waals surface area contributed by atoms with Crippen LogP contribution in [0.2, 0.25) is 0 Å². The van der Waals surface area contributed by atoms with Gasteiger partial charge < -0.3 is 0 Å². The Morgan fingerprint density at radius 2 is 1.95 bits per heavy atom. The van der Waals surface area contributed by atoms with E-state index in [9.17, 15) is 4.79 Å². The first kappa shape index (κ1) is 14.9. The molecule has 3 nitrogen and oxygen atoms in total. The number of halogens is 1. The first-order chi connectivity index (χ1) is 10.7. The van der Waals surface area contributed by atoms with Crippen LogP contribution in [0.5, 0.6) is 0 Å². The van der Waals surface area contributed by atoms with Crippen LogP contribution in [-0.4, -0.2) is 17.4 Å². The van der Waals surface area contributed by atoms with Gasteiger partial charge in [-0.25, -0.2) is 4.98 Å². The molecule has 0 atom stereocenters. The van der Waals surface area contributed by atoms with Crippen molar-refractivity contribution < 1.29 is 4.79 Å². The number of amides is 1. The molecule has 0 fully saturated rings. The molecule has 3 rings (SSSR count). The smallest absolute Gasteiger partial charge is 0.261 e. The summed E-state index contributed by atoms with van der Waals surface area (Å²) in [6.07, 6.45) is 1.71. The molecule has 0 aliphatic heterocycles. The van der Waals surface area contributed by atoms with Crippen LogP contribution in [-0.2, 0) is 0 Å². The van der Waals surface area contributed by atoms with Crippen LogP contribution >= 0.6 is 27.3 Å². The van der Waals surface area contributed by atoms with Gasteiger partial charge in [0.05, 0.1) is 15.8 Å². The van der Waals surface area contributed by atoms with Crippen molar-refractivity contribution >= 4 is 48.5 Å². The largest absolute Gasteiger partial charge is 0.280 e. The number of nitrogens with zero attached hydrogens (tertiary/aromatic N) is 2. The first-order valence-corrected chi connectivity index (χ1v) is 8.34. The van der Waals surface area contributed by atoms with Crippen molar-refractivity contribution in [3.8, 4) is 0 Å². The van der Waals surface area contributed by atoms with Crippen molar-refractivity contribution in [3.63, 3.8) is 0 Å². The van der Waals surface area contributed by atoms with Crippen LogP contribution in [0.4, 0.5) is 5.13 Å². The number of fused-ring (bicyclic) bond motifs is 1. The number of aromatic nitrogens is 1. The van der Waals surface area contributed by atoms with E-state index in [1.807, 2.05) is 42.5 Å². The van der Waals surface area contributed by atoms with Gasteiger partial charge in [0.1, 0.15) is 0 Å². The molecule has 1 heterocycles. The van der Waals surface area contributed by atoms with E-state index in [-0.39, 0.29) is 5.91 Å². The van der Waals surface area contributed by atoms with E-state index < -0.39 is 0 Å². The highest BCUT2D eigenvalue weighted by Crippen LogP contribution is 2.30. The second-order valence-electron chi connectivity index (χ2n) is 4.65. The Labute approximate surface area is 141 Å². The number of thiazole rings is 1. The van der Waals surface area contributed by atoms with Gasteiger partial charge in [0.2, 0.25) is 0 Å². The third-order valence-corrected chi connectivity index (χ3v) is 4.93. The molecule has 0 saturated heterocycles. The van der Waals surface area contributed by atoms with Crippen molar-refractivity contribution in [1.29, 1.82) is 0 Å². The first-order valence-electron chi connectivity index (χ1n) is 6.73. The molecule has 0 saturated carbocycles. The second-order valence-corrected chi connectivity index (χ2v) is 6.51. The van der Waals surface area contributed by atoms with Crippen molar-refractivity contribution in [1.82, 2.24) is 4.98 Å². The molecule has 0 spiro atoms. The van der Waals surface area contributed by atoms with Gasteiger partial charge in [-0.2, -0.15) is 0 Å². The maximum absolute atomic E-state index is 12.8. The third kappa shape index (κ3) is 2.82. The van der Waals surface area contributed by atoms with Crippen LogP contribution in [0.15, 0.2) is 65.7 Å². The Kier molecular flexibility index (Phi) is 4.36. The molecule has 3 aromatic rings. The summed E-state index contributed by atoms with van der Waals surface area (Å²) in [6, 6.07) is 15.3. The van der Waals surface area contributed by atoms with E-state index in [4.69, 9.17) is 0 Å². The number of hydrogen-bond acceptors (Lipinski definition) is 3. The quantitative estimate of drug-likeness (QED) is 0.610. The zero-order valence-electron chi connectivity index (χ0n) is 11.7. The number of para-hydroxylation sites is 1. The summed E-state index contributed by atoms with van der Waals surface area (Å²) in [4.78, 5) is 19.1. The summed E-state index contributed by atoms with van der Waals surface area (Å²) in [5.74, 6) is -0.0913. The van der Waals surface area contributed by atoms with E-state index >= 15 is 0 Å². The van der Waals surface area contributed by atoms with Gasteiger partial charge >= 0.3 is 0 Å². The minimum absolute atomic E-state index is 0.0913. The second kappa shape index (κ2) is 6.42. The standard InChI is InChI=1S/C17H13BrN2OS/c1-2-11-20(16(21)12-7-3-4-8-13(12)18)17-19-14-9-5-6-10-15(14)22-17/h2-10H,1,11H2. The van der Waals surface area contributed by atoms with Gasteiger partial charge in [-0.05, 0) is 40.2 Å². The summed E-state index contributed by atoms with van der Waals surface area (Å²) >= 11 is 4.94. The SMILES string of the molecule is C=CCN(C(=O)c1ccccc1Br)c1nc2ccccc2s1. The summed E-state index contributed by atoms with van der Waals surface area (Å²) in [6.45, 7) is 4.17. The predicted molar refractivity (Wildman–Crippen MR) is 95.6 cm³/mol. The molecule has 0 radical (unpaired) electrons. The Hall–Kier alpha value is -1.98. The normalized spacial score (nSPS) is 10.6. The lowest BCUT2D eigenvalue weighted by molar-refractivity contribution is 0.0989. The number of benzene rings is 2. The van der Waals surface area contributed by atoms with E-state index in [0.717, 1.165) is 14.7 Å². The van der Waals surface area contributed by atoms with Gasteiger partial charge in [0.15, 0.2) is 5.13 Å². The highest BCUT2D eigenvalue weighted by atomic mass is 79.9. The predicted octanol–water partition coefficient (Wildman–Crippen LogP) is 4.89. The Morgan fingerprint density at radius 3 is 2.68 bits per heavy atom. The molecule has 0 aliphatic carbocycles. The molecule has 0 N–H and O–H groups in total. The molecule has 22 heavy (non-hydrogen) atoms. The van der Waals surface area contributed by atoms with Crippen LogP contribution in [0.25, 0.3) is 10.2 Å². The minimum atomic E-state index is -0.0913. The zero-order valence-corrected chi connectivity index (χ0v) is 14.1. The lowest BCUT2D eigenvalue weighted by Crippen LogP contribution is -2.31. The molecule has 0 unspecified atom stereocenters. The van der Waals surface area contributed by atoms with Gasteiger partial charge in [0.25, 0.3) is 5.91 Å². The molecule has 5 heteroatoms. The molecule has 1 amide bonds.